The van der Waals surface area contributed by atoms with Gasteiger partial charge in [0, 0.05) is 24.4 Å². The average Bonchev–Trinajstić information content (AvgIpc) is 3.35. The van der Waals surface area contributed by atoms with Crippen molar-refractivity contribution in [1.82, 2.24) is 20.3 Å². The fourth-order valence-electron chi connectivity index (χ4n) is 3.86. The van der Waals surface area contributed by atoms with Crippen LogP contribution in [0.4, 0.5) is 4.39 Å². The Morgan fingerprint density at radius 1 is 1.18 bits per heavy atom. The Balaban J connectivity index is 1.52. The normalized spacial score (nSPS) is 15.5. The number of rotatable bonds is 5. The monoisotopic (exact) mass is 396 g/mol. The van der Waals surface area contributed by atoms with E-state index in [-0.39, 0.29) is 17.1 Å². The second-order valence-electron chi connectivity index (χ2n) is 7.18. The molecule has 1 saturated carbocycles. The summed E-state index contributed by atoms with van der Waals surface area (Å²) < 4.78 is 13.3. The predicted molar refractivity (Wildman–Crippen MR) is 107 cm³/mol. The zero-order valence-electron chi connectivity index (χ0n) is 15.6. The van der Waals surface area contributed by atoms with Gasteiger partial charge in [-0.1, -0.05) is 25.0 Å². The van der Waals surface area contributed by atoms with Gasteiger partial charge in [0.1, 0.15) is 10.7 Å². The van der Waals surface area contributed by atoms with E-state index < -0.39 is 0 Å². The van der Waals surface area contributed by atoms with Crippen LogP contribution >= 0.6 is 11.3 Å². The first-order valence-electron chi connectivity index (χ1n) is 9.36. The summed E-state index contributed by atoms with van der Waals surface area (Å²) in [6.45, 7) is 2.36. The Morgan fingerprint density at radius 3 is 2.54 bits per heavy atom. The SMILES string of the molecule is Cc1nc(-c2ncccn2)sc1C(=O)NCC1(c2ccc(F)cc2)CCCC1. The van der Waals surface area contributed by atoms with Crippen LogP contribution in [0.25, 0.3) is 10.8 Å². The number of nitrogens with one attached hydrogen (secondary N) is 1. The van der Waals surface area contributed by atoms with Gasteiger partial charge in [0.05, 0.1) is 5.69 Å². The molecule has 0 unspecified atom stereocenters. The molecule has 2 aromatic heterocycles. The van der Waals surface area contributed by atoms with E-state index in [0.717, 1.165) is 31.2 Å². The number of hydrogen-bond donors (Lipinski definition) is 1. The number of carbonyl (C=O) groups excluding carboxylic acids is 1. The summed E-state index contributed by atoms with van der Waals surface area (Å²) in [6.07, 6.45) is 7.52. The Kier molecular flexibility index (Phi) is 5.17. The number of benzene rings is 1. The van der Waals surface area contributed by atoms with Gasteiger partial charge in [-0.25, -0.2) is 19.3 Å². The molecule has 2 heterocycles. The lowest BCUT2D eigenvalue weighted by Crippen LogP contribution is -2.39. The van der Waals surface area contributed by atoms with Crippen LogP contribution in [0.2, 0.25) is 0 Å². The van der Waals surface area contributed by atoms with E-state index in [1.54, 1.807) is 18.5 Å². The maximum atomic E-state index is 13.3. The Bertz CT molecular complexity index is 966. The molecule has 1 aliphatic rings. The van der Waals surface area contributed by atoms with Crippen molar-refractivity contribution in [3.63, 3.8) is 0 Å². The van der Waals surface area contributed by atoms with Crippen LogP contribution in [-0.2, 0) is 5.41 Å². The molecule has 1 fully saturated rings. The molecule has 0 radical (unpaired) electrons. The highest BCUT2D eigenvalue weighted by Crippen LogP contribution is 2.40. The first kappa shape index (κ1) is 18.7. The van der Waals surface area contributed by atoms with E-state index in [1.165, 1.54) is 23.5 Å². The molecule has 4 rings (SSSR count). The number of hydrogen-bond acceptors (Lipinski definition) is 5. The van der Waals surface area contributed by atoms with Gasteiger partial charge in [-0.3, -0.25) is 4.79 Å². The smallest absolute Gasteiger partial charge is 0.263 e. The first-order valence-corrected chi connectivity index (χ1v) is 10.2. The summed E-state index contributed by atoms with van der Waals surface area (Å²) in [4.78, 5) is 26.3. The number of aryl methyl sites for hydroxylation is 1. The largest absolute Gasteiger partial charge is 0.350 e. The Morgan fingerprint density at radius 2 is 1.86 bits per heavy atom. The molecule has 0 atom stereocenters. The highest BCUT2D eigenvalue weighted by Gasteiger charge is 2.36. The number of halogens is 1. The van der Waals surface area contributed by atoms with Crippen molar-refractivity contribution in [2.24, 2.45) is 0 Å². The lowest BCUT2D eigenvalue weighted by Gasteiger charge is -2.30. The molecule has 1 amide bonds. The quantitative estimate of drug-likeness (QED) is 0.699. The van der Waals surface area contributed by atoms with Crippen molar-refractivity contribution in [2.45, 2.75) is 38.0 Å². The molecule has 1 N–H and O–H groups in total. The molecule has 144 valence electrons. The van der Waals surface area contributed by atoms with E-state index >= 15 is 0 Å². The molecule has 3 aromatic rings. The summed E-state index contributed by atoms with van der Waals surface area (Å²) in [7, 11) is 0. The number of amides is 1. The first-order chi connectivity index (χ1) is 13.6. The number of carbonyl (C=O) groups is 1. The summed E-state index contributed by atoms with van der Waals surface area (Å²) in [5, 5.41) is 3.73. The maximum absolute atomic E-state index is 13.3. The van der Waals surface area contributed by atoms with Gasteiger partial charge in [-0.05, 0) is 43.5 Å². The molecule has 0 spiro atoms. The molecule has 1 aliphatic carbocycles. The summed E-state index contributed by atoms with van der Waals surface area (Å²) in [6, 6.07) is 8.42. The Labute approximate surface area is 167 Å². The fraction of sp³-hybridized carbons (Fsp3) is 0.333. The molecule has 28 heavy (non-hydrogen) atoms. The standard InChI is InChI=1S/C21H21FN4OS/c1-14-17(28-20(26-14)18-23-11-4-12-24-18)19(27)25-13-21(9-2-3-10-21)15-5-7-16(22)8-6-15/h4-8,11-12H,2-3,9-10,13H2,1H3,(H,25,27). The van der Waals surface area contributed by atoms with E-state index in [1.807, 2.05) is 19.1 Å². The van der Waals surface area contributed by atoms with Gasteiger partial charge in [-0.2, -0.15) is 0 Å². The summed E-state index contributed by atoms with van der Waals surface area (Å²) >= 11 is 1.30. The lowest BCUT2D eigenvalue weighted by atomic mass is 9.79. The number of aromatic nitrogens is 3. The van der Waals surface area contributed by atoms with Gasteiger partial charge in [0.15, 0.2) is 10.8 Å². The fourth-order valence-corrected chi connectivity index (χ4v) is 4.80. The minimum absolute atomic E-state index is 0.132. The summed E-state index contributed by atoms with van der Waals surface area (Å²) in [5.41, 5.74) is 1.63. The van der Waals surface area contributed by atoms with Crippen molar-refractivity contribution in [1.29, 1.82) is 0 Å². The van der Waals surface area contributed by atoms with E-state index in [2.05, 4.69) is 20.3 Å². The van der Waals surface area contributed by atoms with Crippen LogP contribution in [0, 0.1) is 12.7 Å². The second kappa shape index (κ2) is 7.75. The van der Waals surface area contributed by atoms with Crippen molar-refractivity contribution in [2.75, 3.05) is 6.54 Å². The zero-order chi connectivity index (χ0) is 19.6. The van der Waals surface area contributed by atoms with Gasteiger partial charge < -0.3 is 5.32 Å². The third-order valence-electron chi connectivity index (χ3n) is 5.36. The van der Waals surface area contributed by atoms with Crippen LogP contribution in [0.5, 0.6) is 0 Å². The molecular weight excluding hydrogens is 375 g/mol. The van der Waals surface area contributed by atoms with Gasteiger partial charge in [-0.15, -0.1) is 11.3 Å². The molecule has 5 nitrogen and oxygen atoms in total. The second-order valence-corrected chi connectivity index (χ2v) is 8.18. The Hall–Kier alpha value is -2.67. The molecule has 1 aromatic carbocycles. The van der Waals surface area contributed by atoms with Gasteiger partial charge in [0.2, 0.25) is 0 Å². The average molecular weight is 396 g/mol. The van der Waals surface area contributed by atoms with Gasteiger partial charge >= 0.3 is 0 Å². The number of nitrogens with zero attached hydrogens (tertiary/aromatic N) is 3. The molecular formula is C21H21FN4OS. The minimum atomic E-state index is -0.239. The van der Waals surface area contributed by atoms with E-state index in [9.17, 15) is 9.18 Å². The predicted octanol–water partition coefficient (Wildman–Crippen LogP) is 4.29. The minimum Gasteiger partial charge on any atom is -0.350 e. The molecule has 0 bridgehead atoms. The zero-order valence-corrected chi connectivity index (χ0v) is 16.4. The van der Waals surface area contributed by atoms with Crippen molar-refractivity contribution >= 4 is 17.2 Å². The molecule has 0 saturated heterocycles. The van der Waals surface area contributed by atoms with Crippen LogP contribution in [0.1, 0.15) is 46.6 Å². The highest BCUT2D eigenvalue weighted by atomic mass is 32.1. The van der Waals surface area contributed by atoms with E-state index in [4.69, 9.17) is 0 Å². The van der Waals surface area contributed by atoms with Crippen molar-refractivity contribution in [3.05, 3.63) is 64.7 Å². The maximum Gasteiger partial charge on any atom is 0.263 e. The topological polar surface area (TPSA) is 67.8 Å². The third kappa shape index (κ3) is 3.67. The van der Waals surface area contributed by atoms with Crippen LogP contribution in [0.3, 0.4) is 0 Å². The van der Waals surface area contributed by atoms with Crippen LogP contribution in [0.15, 0.2) is 42.7 Å². The van der Waals surface area contributed by atoms with Crippen molar-refractivity contribution < 1.29 is 9.18 Å². The lowest BCUT2D eigenvalue weighted by molar-refractivity contribution is 0.0946. The van der Waals surface area contributed by atoms with Crippen molar-refractivity contribution in [3.8, 4) is 10.8 Å². The summed E-state index contributed by atoms with van der Waals surface area (Å²) in [5.74, 6) is 0.149. The van der Waals surface area contributed by atoms with Crippen LogP contribution in [-0.4, -0.2) is 27.4 Å². The highest BCUT2D eigenvalue weighted by molar-refractivity contribution is 7.17. The molecule has 7 heteroatoms. The third-order valence-corrected chi connectivity index (χ3v) is 6.52. The van der Waals surface area contributed by atoms with E-state index in [0.29, 0.717) is 27.9 Å². The number of thiazole rings is 1. The molecule has 0 aliphatic heterocycles. The van der Waals surface area contributed by atoms with Crippen LogP contribution < -0.4 is 5.32 Å². The van der Waals surface area contributed by atoms with Gasteiger partial charge in [0.25, 0.3) is 5.91 Å².